The summed E-state index contributed by atoms with van der Waals surface area (Å²) in [6.45, 7) is 0. The minimum Gasteiger partial charge on any atom is -0.460 e. The number of fused-ring (bicyclic) bond motifs is 3. The van der Waals surface area contributed by atoms with Crippen LogP contribution in [0.25, 0.3) is 21.9 Å². The Hall–Kier alpha value is -0.740. The number of hydrogen-bond acceptors (Lipinski definition) is 2. The second-order valence-corrected chi connectivity index (χ2v) is 4.71. The second-order valence-electron chi connectivity index (χ2n) is 3.29. The molecule has 2 aromatic heterocycles. The molecule has 0 fully saturated rings. The molecule has 0 aliphatic carbocycles. The molecule has 0 saturated carbocycles. The number of furan rings is 2. The van der Waals surface area contributed by atoms with Crippen LogP contribution < -0.4 is 0 Å². The second kappa shape index (κ2) is 3.39. The summed E-state index contributed by atoms with van der Waals surface area (Å²) in [7, 11) is 0. The van der Waals surface area contributed by atoms with Crippen LogP contribution in [0.15, 0.2) is 38.0 Å². The van der Waals surface area contributed by atoms with E-state index in [9.17, 15) is 0 Å². The Bertz CT molecular complexity index is 636. The number of alkyl halides is 1. The highest BCUT2D eigenvalue weighted by Gasteiger charge is 2.13. The summed E-state index contributed by atoms with van der Waals surface area (Å²) in [6.07, 6.45) is 3.43. The van der Waals surface area contributed by atoms with Gasteiger partial charge in [0.1, 0.15) is 0 Å². The minimum atomic E-state index is 0.776. The summed E-state index contributed by atoms with van der Waals surface area (Å²) in [6, 6.07) is 3.99. The largest absolute Gasteiger partial charge is 0.460 e. The van der Waals surface area contributed by atoms with Gasteiger partial charge in [-0.15, -0.1) is 0 Å². The zero-order valence-corrected chi connectivity index (χ0v) is 10.8. The van der Waals surface area contributed by atoms with Crippen LogP contribution in [-0.2, 0) is 5.33 Å². The predicted molar refractivity (Wildman–Crippen MR) is 66.3 cm³/mol. The van der Waals surface area contributed by atoms with Crippen LogP contribution in [0.5, 0.6) is 0 Å². The Morgan fingerprint density at radius 2 is 1.93 bits per heavy atom. The molecule has 15 heavy (non-hydrogen) atoms. The molecule has 0 N–H and O–H groups in total. The van der Waals surface area contributed by atoms with Gasteiger partial charge in [-0.25, -0.2) is 0 Å². The van der Waals surface area contributed by atoms with Crippen molar-refractivity contribution in [2.24, 2.45) is 0 Å². The van der Waals surface area contributed by atoms with E-state index in [0.717, 1.165) is 37.3 Å². The molecule has 2 nitrogen and oxygen atoms in total. The maximum atomic E-state index is 5.52. The molecule has 3 rings (SSSR count). The van der Waals surface area contributed by atoms with Gasteiger partial charge in [-0.05, 0) is 12.1 Å². The molecule has 0 saturated heterocycles. The van der Waals surface area contributed by atoms with Gasteiger partial charge in [0.2, 0.25) is 0 Å². The Balaban J connectivity index is 2.56. The van der Waals surface area contributed by atoms with E-state index >= 15 is 0 Å². The van der Waals surface area contributed by atoms with E-state index in [0.29, 0.717) is 0 Å². The summed E-state index contributed by atoms with van der Waals surface area (Å²) < 4.78 is 12.0. The van der Waals surface area contributed by atoms with Gasteiger partial charge in [0.05, 0.1) is 12.5 Å². The van der Waals surface area contributed by atoms with Crippen molar-refractivity contribution in [3.8, 4) is 0 Å². The summed E-state index contributed by atoms with van der Waals surface area (Å²) in [5, 5.41) is 2.90. The van der Waals surface area contributed by atoms with Crippen molar-refractivity contribution in [2.75, 3.05) is 0 Å². The quantitative estimate of drug-likeness (QED) is 0.597. The molecule has 76 valence electrons. The Kier molecular flexibility index (Phi) is 2.14. The fourth-order valence-electron chi connectivity index (χ4n) is 1.72. The van der Waals surface area contributed by atoms with Gasteiger partial charge in [0.15, 0.2) is 11.2 Å². The monoisotopic (exact) mass is 328 g/mol. The summed E-state index contributed by atoms with van der Waals surface area (Å²) in [5.74, 6) is 0. The summed E-state index contributed by atoms with van der Waals surface area (Å²) in [4.78, 5) is 0. The molecular formula is C11H6Br2O2. The fourth-order valence-corrected chi connectivity index (χ4v) is 2.69. The summed E-state index contributed by atoms with van der Waals surface area (Å²) in [5.41, 5.74) is 2.74. The fraction of sp³-hybridized carbons (Fsp3) is 0.0909. The van der Waals surface area contributed by atoms with Crippen molar-refractivity contribution in [3.63, 3.8) is 0 Å². The Morgan fingerprint density at radius 1 is 1.13 bits per heavy atom. The maximum Gasteiger partial charge on any atom is 0.178 e. The van der Waals surface area contributed by atoms with Crippen molar-refractivity contribution in [2.45, 2.75) is 5.33 Å². The molecule has 4 heteroatoms. The SMILES string of the molecule is BrCc1coc2c1cc(Br)c1ccoc12. The standard InChI is InChI=1S/C11H6Br2O2/c12-4-6-5-15-11-8(6)3-9(13)7-1-2-14-10(7)11/h1-3,5H,4H2. The first-order valence-corrected chi connectivity index (χ1v) is 6.34. The van der Waals surface area contributed by atoms with Crippen molar-refractivity contribution >= 4 is 53.8 Å². The van der Waals surface area contributed by atoms with E-state index in [1.807, 2.05) is 6.07 Å². The molecule has 0 amide bonds. The molecule has 0 aliphatic heterocycles. The molecule has 0 spiro atoms. The molecule has 0 aliphatic rings. The van der Waals surface area contributed by atoms with Crippen LogP contribution in [0.4, 0.5) is 0 Å². The lowest BCUT2D eigenvalue weighted by Crippen LogP contribution is -1.74. The van der Waals surface area contributed by atoms with Gasteiger partial charge in [0, 0.05) is 26.1 Å². The van der Waals surface area contributed by atoms with Gasteiger partial charge >= 0.3 is 0 Å². The highest BCUT2D eigenvalue weighted by Crippen LogP contribution is 2.35. The third-order valence-electron chi connectivity index (χ3n) is 2.45. The highest BCUT2D eigenvalue weighted by atomic mass is 79.9. The molecule has 3 aromatic rings. The topological polar surface area (TPSA) is 26.3 Å². The molecule has 1 aromatic carbocycles. The van der Waals surface area contributed by atoms with Gasteiger partial charge in [0.25, 0.3) is 0 Å². The third-order valence-corrected chi connectivity index (χ3v) is 3.71. The van der Waals surface area contributed by atoms with E-state index in [-0.39, 0.29) is 0 Å². The normalized spacial score (nSPS) is 11.6. The maximum absolute atomic E-state index is 5.52. The van der Waals surface area contributed by atoms with Crippen LogP contribution in [-0.4, -0.2) is 0 Å². The Morgan fingerprint density at radius 3 is 2.73 bits per heavy atom. The molecule has 2 heterocycles. The molecule has 0 atom stereocenters. The van der Waals surface area contributed by atoms with E-state index in [2.05, 4.69) is 37.9 Å². The lowest BCUT2D eigenvalue weighted by atomic mass is 10.1. The van der Waals surface area contributed by atoms with Gasteiger partial charge in [-0.3, -0.25) is 0 Å². The van der Waals surface area contributed by atoms with Gasteiger partial charge < -0.3 is 8.83 Å². The first-order chi connectivity index (χ1) is 7.31. The molecule has 0 bridgehead atoms. The van der Waals surface area contributed by atoms with Crippen LogP contribution in [0.2, 0.25) is 0 Å². The molecule has 0 unspecified atom stereocenters. The number of hydrogen-bond donors (Lipinski definition) is 0. The highest BCUT2D eigenvalue weighted by molar-refractivity contribution is 9.10. The molecular weight excluding hydrogens is 324 g/mol. The third kappa shape index (κ3) is 1.28. The van der Waals surface area contributed by atoms with Crippen molar-refractivity contribution < 1.29 is 8.83 Å². The first kappa shape index (κ1) is 9.48. The predicted octanol–water partition coefficient (Wildman–Crippen LogP) is 4.84. The van der Waals surface area contributed by atoms with E-state index < -0.39 is 0 Å². The average molecular weight is 330 g/mol. The van der Waals surface area contributed by atoms with Crippen molar-refractivity contribution in [3.05, 3.63) is 34.7 Å². The zero-order valence-electron chi connectivity index (χ0n) is 7.59. The van der Waals surface area contributed by atoms with Crippen molar-refractivity contribution in [1.82, 2.24) is 0 Å². The number of benzene rings is 1. The molecule has 0 radical (unpaired) electrons. The minimum absolute atomic E-state index is 0.776. The van der Waals surface area contributed by atoms with Crippen LogP contribution >= 0.6 is 31.9 Å². The van der Waals surface area contributed by atoms with Gasteiger partial charge in [-0.1, -0.05) is 31.9 Å². The van der Waals surface area contributed by atoms with Gasteiger partial charge in [-0.2, -0.15) is 0 Å². The summed E-state index contributed by atoms with van der Waals surface area (Å²) >= 11 is 6.96. The average Bonchev–Trinajstić information content (AvgIpc) is 2.81. The lowest BCUT2D eigenvalue weighted by Gasteiger charge is -1.95. The lowest BCUT2D eigenvalue weighted by molar-refractivity contribution is 0.581. The van der Waals surface area contributed by atoms with Crippen LogP contribution in [0.3, 0.4) is 0 Å². The number of halogens is 2. The first-order valence-electron chi connectivity index (χ1n) is 4.43. The zero-order chi connectivity index (χ0) is 10.4. The van der Waals surface area contributed by atoms with Crippen LogP contribution in [0, 0.1) is 0 Å². The number of rotatable bonds is 1. The Labute approximate surface area is 102 Å². The van der Waals surface area contributed by atoms with E-state index in [1.165, 1.54) is 0 Å². The van der Waals surface area contributed by atoms with Crippen molar-refractivity contribution in [1.29, 1.82) is 0 Å². The van der Waals surface area contributed by atoms with E-state index in [1.54, 1.807) is 12.5 Å². The smallest absolute Gasteiger partial charge is 0.178 e. The van der Waals surface area contributed by atoms with Crippen LogP contribution in [0.1, 0.15) is 5.56 Å². The van der Waals surface area contributed by atoms with E-state index in [4.69, 9.17) is 8.83 Å².